The highest BCUT2D eigenvalue weighted by molar-refractivity contribution is 5.10. The number of nitrogens with zero attached hydrogens (tertiary/aromatic N) is 2. The largest absolute Gasteiger partial charge is 0.233 e. The maximum Gasteiger partial charge on any atom is 0.233 e. The highest BCUT2D eigenvalue weighted by Crippen LogP contribution is 2.18. The molecule has 11 heavy (non-hydrogen) atoms. The first-order valence-corrected chi connectivity index (χ1v) is 3.50. The van der Waals surface area contributed by atoms with Gasteiger partial charge in [0.25, 0.3) is 0 Å². The summed E-state index contributed by atoms with van der Waals surface area (Å²) in [7, 11) is 0. The van der Waals surface area contributed by atoms with Gasteiger partial charge < -0.3 is 0 Å². The molecule has 0 aromatic carbocycles. The molecule has 1 rings (SSSR count). The van der Waals surface area contributed by atoms with Crippen molar-refractivity contribution in [1.82, 2.24) is 10.2 Å². The zero-order valence-electron chi connectivity index (χ0n) is 6.93. The van der Waals surface area contributed by atoms with Gasteiger partial charge in [-0.25, -0.2) is 0 Å². The quantitative estimate of drug-likeness (QED) is 0.570. The first-order valence-electron chi connectivity index (χ1n) is 3.50. The maximum atomic E-state index is 12.3. The third kappa shape index (κ3) is 1.97. The molecule has 60 valence electrons. The molecule has 0 aliphatic carbocycles. The Morgan fingerprint density at radius 3 is 2.18 bits per heavy atom. The number of halogens is 1. The van der Waals surface area contributed by atoms with Crippen LogP contribution in [0.25, 0.3) is 0 Å². The first-order chi connectivity index (χ1) is 5.00. The molecule has 0 aliphatic rings. The second kappa shape index (κ2) is 2.57. The molecule has 3 heteroatoms. The van der Waals surface area contributed by atoms with Crippen LogP contribution in [0.2, 0.25) is 0 Å². The van der Waals surface area contributed by atoms with E-state index in [0.29, 0.717) is 0 Å². The van der Waals surface area contributed by atoms with Gasteiger partial charge in [-0.05, 0) is 12.1 Å². The molecule has 1 aromatic heterocycles. The van der Waals surface area contributed by atoms with Gasteiger partial charge in [0.1, 0.15) is 0 Å². The molecule has 0 N–H and O–H groups in total. The third-order valence-electron chi connectivity index (χ3n) is 1.40. The lowest BCUT2D eigenvalue weighted by Crippen LogP contribution is -2.14. The molecule has 1 heterocycles. The minimum absolute atomic E-state index is 0.0549. The van der Waals surface area contributed by atoms with Crippen LogP contribution in [-0.4, -0.2) is 10.2 Å². The van der Waals surface area contributed by atoms with Crippen LogP contribution in [0.5, 0.6) is 0 Å². The Kier molecular flexibility index (Phi) is 1.89. The SMILES string of the molecule is CC(C)(C)c1ccc(F)nn1. The summed E-state index contributed by atoms with van der Waals surface area (Å²) in [5, 5.41) is 7.05. The monoisotopic (exact) mass is 154 g/mol. The summed E-state index contributed by atoms with van der Waals surface area (Å²) in [5.41, 5.74) is 0.750. The van der Waals surface area contributed by atoms with Crippen LogP contribution in [0.1, 0.15) is 26.5 Å². The Morgan fingerprint density at radius 2 is 1.82 bits per heavy atom. The van der Waals surface area contributed by atoms with Crippen molar-refractivity contribution in [3.8, 4) is 0 Å². The van der Waals surface area contributed by atoms with Crippen molar-refractivity contribution in [3.05, 3.63) is 23.8 Å². The predicted molar refractivity (Wildman–Crippen MR) is 40.7 cm³/mol. The molecule has 0 saturated heterocycles. The van der Waals surface area contributed by atoms with Gasteiger partial charge >= 0.3 is 0 Å². The van der Waals surface area contributed by atoms with E-state index in [9.17, 15) is 4.39 Å². The topological polar surface area (TPSA) is 25.8 Å². The molecule has 0 atom stereocenters. The summed E-state index contributed by atoms with van der Waals surface area (Å²) in [5.74, 6) is -0.530. The molecule has 0 radical (unpaired) electrons. The number of hydrogen-bond donors (Lipinski definition) is 0. The molecule has 0 bridgehead atoms. The molecule has 2 nitrogen and oxygen atoms in total. The molecule has 0 unspecified atom stereocenters. The van der Waals surface area contributed by atoms with Gasteiger partial charge in [-0.2, -0.15) is 9.49 Å². The van der Waals surface area contributed by atoms with E-state index in [0.717, 1.165) is 5.69 Å². The number of hydrogen-bond acceptors (Lipinski definition) is 2. The van der Waals surface area contributed by atoms with Gasteiger partial charge in [0.15, 0.2) is 0 Å². The molecule has 0 saturated carbocycles. The molecular weight excluding hydrogens is 143 g/mol. The van der Waals surface area contributed by atoms with E-state index in [1.54, 1.807) is 6.07 Å². The molecule has 0 amide bonds. The lowest BCUT2D eigenvalue weighted by Gasteiger charge is -2.15. The summed E-state index contributed by atoms with van der Waals surface area (Å²) < 4.78 is 12.3. The molecule has 1 aromatic rings. The van der Waals surface area contributed by atoms with Crippen molar-refractivity contribution < 1.29 is 4.39 Å². The minimum Gasteiger partial charge on any atom is -0.183 e. The average molecular weight is 154 g/mol. The Morgan fingerprint density at radius 1 is 1.18 bits per heavy atom. The Balaban J connectivity index is 2.99. The maximum absolute atomic E-state index is 12.3. The second-order valence-electron chi connectivity index (χ2n) is 3.49. The first kappa shape index (κ1) is 8.11. The van der Waals surface area contributed by atoms with Gasteiger partial charge in [-0.15, -0.1) is 5.10 Å². The van der Waals surface area contributed by atoms with E-state index in [1.165, 1.54) is 6.07 Å². The standard InChI is InChI=1S/C8H11FN2/c1-8(2,3)6-4-5-7(9)11-10-6/h4-5H,1-3H3. The van der Waals surface area contributed by atoms with Crippen LogP contribution in [0, 0.1) is 5.95 Å². The van der Waals surface area contributed by atoms with E-state index in [1.807, 2.05) is 20.8 Å². The Bertz CT molecular complexity index is 235. The number of rotatable bonds is 0. The van der Waals surface area contributed by atoms with Crippen LogP contribution in [0.3, 0.4) is 0 Å². The third-order valence-corrected chi connectivity index (χ3v) is 1.40. The highest BCUT2D eigenvalue weighted by atomic mass is 19.1. The van der Waals surface area contributed by atoms with Gasteiger partial charge in [0, 0.05) is 5.41 Å². The van der Waals surface area contributed by atoms with Crippen LogP contribution in [0.15, 0.2) is 12.1 Å². The highest BCUT2D eigenvalue weighted by Gasteiger charge is 2.15. The molecule has 0 spiro atoms. The van der Waals surface area contributed by atoms with E-state index < -0.39 is 5.95 Å². The predicted octanol–water partition coefficient (Wildman–Crippen LogP) is 1.91. The zero-order chi connectivity index (χ0) is 8.48. The minimum atomic E-state index is -0.530. The lowest BCUT2D eigenvalue weighted by atomic mass is 9.92. The van der Waals surface area contributed by atoms with E-state index >= 15 is 0 Å². The summed E-state index contributed by atoms with van der Waals surface area (Å²) in [6.07, 6.45) is 0. The normalized spacial score (nSPS) is 11.6. The fraction of sp³-hybridized carbons (Fsp3) is 0.500. The van der Waals surface area contributed by atoms with Crippen molar-refractivity contribution in [2.24, 2.45) is 0 Å². The van der Waals surface area contributed by atoms with Gasteiger partial charge in [0.05, 0.1) is 5.69 Å². The Hall–Kier alpha value is -0.990. The second-order valence-corrected chi connectivity index (χ2v) is 3.49. The molecular formula is C8H11FN2. The van der Waals surface area contributed by atoms with Crippen molar-refractivity contribution in [3.63, 3.8) is 0 Å². The van der Waals surface area contributed by atoms with Crippen LogP contribution < -0.4 is 0 Å². The summed E-state index contributed by atoms with van der Waals surface area (Å²) >= 11 is 0. The van der Waals surface area contributed by atoms with E-state index in [2.05, 4.69) is 10.2 Å². The zero-order valence-corrected chi connectivity index (χ0v) is 6.93. The lowest BCUT2D eigenvalue weighted by molar-refractivity contribution is 0.519. The fourth-order valence-electron chi connectivity index (χ4n) is 0.716. The molecule has 0 aliphatic heterocycles. The number of aromatic nitrogens is 2. The molecule has 0 fully saturated rings. The smallest absolute Gasteiger partial charge is 0.183 e. The van der Waals surface area contributed by atoms with Crippen LogP contribution in [-0.2, 0) is 5.41 Å². The van der Waals surface area contributed by atoms with Gasteiger partial charge in [0.2, 0.25) is 5.95 Å². The van der Waals surface area contributed by atoms with Gasteiger partial charge in [-0.3, -0.25) is 0 Å². The Labute approximate surface area is 65.5 Å². The van der Waals surface area contributed by atoms with E-state index in [-0.39, 0.29) is 5.41 Å². The van der Waals surface area contributed by atoms with Crippen molar-refractivity contribution in [1.29, 1.82) is 0 Å². The van der Waals surface area contributed by atoms with Crippen molar-refractivity contribution in [2.75, 3.05) is 0 Å². The van der Waals surface area contributed by atoms with Crippen LogP contribution in [0.4, 0.5) is 4.39 Å². The van der Waals surface area contributed by atoms with Crippen molar-refractivity contribution >= 4 is 0 Å². The summed E-state index contributed by atoms with van der Waals surface area (Å²) in [6, 6.07) is 2.98. The van der Waals surface area contributed by atoms with E-state index in [4.69, 9.17) is 0 Å². The summed E-state index contributed by atoms with van der Waals surface area (Å²) in [6.45, 7) is 6.03. The van der Waals surface area contributed by atoms with Crippen LogP contribution >= 0.6 is 0 Å². The average Bonchev–Trinajstić information content (AvgIpc) is 1.86. The van der Waals surface area contributed by atoms with Crippen molar-refractivity contribution in [2.45, 2.75) is 26.2 Å². The fourth-order valence-corrected chi connectivity index (χ4v) is 0.716. The summed E-state index contributed by atoms with van der Waals surface area (Å²) in [4.78, 5) is 0. The van der Waals surface area contributed by atoms with Gasteiger partial charge in [-0.1, -0.05) is 20.8 Å².